The van der Waals surface area contributed by atoms with Crippen molar-refractivity contribution in [1.82, 2.24) is 9.97 Å². The first-order chi connectivity index (χ1) is 7.78. The molecule has 16 heavy (non-hydrogen) atoms. The number of nitrogens with two attached hydrogens (primary N) is 1. The summed E-state index contributed by atoms with van der Waals surface area (Å²) in [6.45, 7) is 0. The Kier molecular flexibility index (Phi) is 2.26. The summed E-state index contributed by atoms with van der Waals surface area (Å²) in [5, 5.41) is 3.10. The van der Waals surface area contributed by atoms with Crippen molar-refractivity contribution in [2.75, 3.05) is 0 Å². The largest absolute Gasteiger partial charge is 0.319 e. The van der Waals surface area contributed by atoms with Crippen LogP contribution >= 0.6 is 11.3 Å². The van der Waals surface area contributed by atoms with Gasteiger partial charge in [-0.25, -0.2) is 4.98 Å². The Morgan fingerprint density at radius 2 is 2.12 bits per heavy atom. The van der Waals surface area contributed by atoms with E-state index < -0.39 is 0 Å². The zero-order chi connectivity index (χ0) is 11.0. The third-order valence-electron chi connectivity index (χ3n) is 3.10. The highest BCUT2D eigenvalue weighted by molar-refractivity contribution is 7.10. The van der Waals surface area contributed by atoms with Crippen LogP contribution in [-0.4, -0.2) is 9.97 Å². The number of nitrogens with zero attached hydrogens (tertiary/aromatic N) is 2. The van der Waals surface area contributed by atoms with Gasteiger partial charge in [-0.15, -0.1) is 11.3 Å². The van der Waals surface area contributed by atoms with Crippen molar-refractivity contribution < 1.29 is 0 Å². The Balaban J connectivity index is 1.94. The summed E-state index contributed by atoms with van der Waals surface area (Å²) in [7, 11) is 0. The smallest absolute Gasteiger partial charge is 0.113 e. The van der Waals surface area contributed by atoms with Gasteiger partial charge in [-0.3, -0.25) is 4.98 Å². The molecule has 1 aliphatic rings. The summed E-state index contributed by atoms with van der Waals surface area (Å²) in [5.74, 6) is 0. The van der Waals surface area contributed by atoms with E-state index in [9.17, 15) is 0 Å². The van der Waals surface area contributed by atoms with E-state index in [1.807, 2.05) is 23.6 Å². The second-order valence-electron chi connectivity index (χ2n) is 4.26. The minimum absolute atomic E-state index is 0.155. The van der Waals surface area contributed by atoms with E-state index in [-0.39, 0.29) is 5.54 Å². The van der Waals surface area contributed by atoms with Crippen LogP contribution in [0.2, 0.25) is 0 Å². The van der Waals surface area contributed by atoms with E-state index in [0.717, 1.165) is 29.2 Å². The van der Waals surface area contributed by atoms with Gasteiger partial charge in [0.1, 0.15) is 5.01 Å². The lowest BCUT2D eigenvalue weighted by Gasteiger charge is -2.35. The van der Waals surface area contributed by atoms with Gasteiger partial charge in [0.05, 0.1) is 16.9 Å². The van der Waals surface area contributed by atoms with Crippen LogP contribution in [0.3, 0.4) is 0 Å². The van der Waals surface area contributed by atoms with Crippen LogP contribution in [-0.2, 0) is 5.54 Å². The van der Waals surface area contributed by atoms with Crippen LogP contribution in [0.5, 0.6) is 0 Å². The molecule has 2 heterocycles. The first kappa shape index (κ1) is 9.93. The molecule has 0 spiro atoms. The van der Waals surface area contributed by atoms with Crippen LogP contribution in [0.1, 0.15) is 24.3 Å². The molecule has 2 N–H and O–H groups in total. The van der Waals surface area contributed by atoms with E-state index in [2.05, 4.69) is 9.97 Å². The van der Waals surface area contributed by atoms with Gasteiger partial charge in [-0.1, -0.05) is 6.07 Å². The molecule has 0 unspecified atom stereocenters. The minimum atomic E-state index is -0.155. The van der Waals surface area contributed by atoms with Crippen LogP contribution in [0.4, 0.5) is 0 Å². The highest BCUT2D eigenvalue weighted by Gasteiger charge is 2.37. The summed E-state index contributed by atoms with van der Waals surface area (Å²) in [6.07, 6.45) is 5.12. The molecule has 0 saturated heterocycles. The highest BCUT2D eigenvalue weighted by Crippen LogP contribution is 2.40. The molecule has 0 amide bonds. The molecule has 0 radical (unpaired) electrons. The van der Waals surface area contributed by atoms with Crippen LogP contribution in [0, 0.1) is 0 Å². The monoisotopic (exact) mass is 231 g/mol. The molecule has 3 rings (SSSR count). The summed E-state index contributed by atoms with van der Waals surface area (Å²) in [4.78, 5) is 8.90. The molecule has 1 fully saturated rings. The SMILES string of the molecule is NC1(c2nc(-c3ccccn3)cs2)CCC1. The zero-order valence-corrected chi connectivity index (χ0v) is 9.70. The van der Waals surface area contributed by atoms with Crippen molar-refractivity contribution in [2.24, 2.45) is 5.73 Å². The molecular weight excluding hydrogens is 218 g/mol. The van der Waals surface area contributed by atoms with Gasteiger partial charge >= 0.3 is 0 Å². The average Bonchev–Trinajstić information content (AvgIpc) is 2.77. The quantitative estimate of drug-likeness (QED) is 0.864. The van der Waals surface area contributed by atoms with E-state index >= 15 is 0 Å². The first-order valence-electron chi connectivity index (χ1n) is 5.44. The van der Waals surface area contributed by atoms with Gasteiger partial charge in [-0.2, -0.15) is 0 Å². The Bertz CT molecular complexity index is 488. The molecule has 0 bridgehead atoms. The summed E-state index contributed by atoms with van der Waals surface area (Å²) in [6, 6.07) is 5.86. The lowest BCUT2D eigenvalue weighted by Crippen LogP contribution is -2.43. The first-order valence-corrected chi connectivity index (χ1v) is 6.32. The second kappa shape index (κ2) is 3.64. The molecule has 0 aliphatic heterocycles. The molecular formula is C12H13N3S. The van der Waals surface area contributed by atoms with Crippen molar-refractivity contribution in [3.63, 3.8) is 0 Å². The molecule has 0 atom stereocenters. The molecule has 82 valence electrons. The van der Waals surface area contributed by atoms with E-state index in [1.165, 1.54) is 6.42 Å². The van der Waals surface area contributed by atoms with Gasteiger partial charge in [0, 0.05) is 11.6 Å². The molecule has 2 aromatic rings. The number of pyridine rings is 1. The molecule has 0 aromatic carbocycles. The van der Waals surface area contributed by atoms with Crippen molar-refractivity contribution in [1.29, 1.82) is 0 Å². The van der Waals surface area contributed by atoms with Crippen LogP contribution < -0.4 is 5.73 Å². The zero-order valence-electron chi connectivity index (χ0n) is 8.89. The van der Waals surface area contributed by atoms with Gasteiger partial charge in [0.25, 0.3) is 0 Å². The Labute approximate surface area is 98.4 Å². The third kappa shape index (κ3) is 1.54. The van der Waals surface area contributed by atoms with E-state index in [0.29, 0.717) is 0 Å². The molecule has 4 heteroatoms. The lowest BCUT2D eigenvalue weighted by atomic mass is 9.78. The maximum absolute atomic E-state index is 6.24. The normalized spacial score (nSPS) is 18.1. The van der Waals surface area contributed by atoms with Crippen molar-refractivity contribution in [3.05, 3.63) is 34.8 Å². The molecule has 1 saturated carbocycles. The maximum atomic E-state index is 6.24. The maximum Gasteiger partial charge on any atom is 0.113 e. The Morgan fingerprint density at radius 1 is 1.25 bits per heavy atom. The number of aromatic nitrogens is 2. The Morgan fingerprint density at radius 3 is 2.75 bits per heavy atom. The second-order valence-corrected chi connectivity index (χ2v) is 5.12. The fourth-order valence-electron chi connectivity index (χ4n) is 1.91. The van der Waals surface area contributed by atoms with E-state index in [1.54, 1.807) is 17.5 Å². The van der Waals surface area contributed by atoms with Gasteiger partial charge < -0.3 is 5.73 Å². The van der Waals surface area contributed by atoms with Gasteiger partial charge in [0.2, 0.25) is 0 Å². The Hall–Kier alpha value is -1.26. The van der Waals surface area contributed by atoms with Crippen molar-refractivity contribution in [2.45, 2.75) is 24.8 Å². The third-order valence-corrected chi connectivity index (χ3v) is 4.17. The molecule has 3 nitrogen and oxygen atoms in total. The fraction of sp³-hybridized carbons (Fsp3) is 0.333. The summed E-state index contributed by atoms with van der Waals surface area (Å²) in [5.41, 5.74) is 7.95. The number of hydrogen-bond acceptors (Lipinski definition) is 4. The van der Waals surface area contributed by atoms with Crippen LogP contribution in [0.25, 0.3) is 11.4 Å². The van der Waals surface area contributed by atoms with E-state index in [4.69, 9.17) is 5.73 Å². The number of rotatable bonds is 2. The number of hydrogen-bond donors (Lipinski definition) is 1. The summed E-state index contributed by atoms with van der Waals surface area (Å²) < 4.78 is 0. The lowest BCUT2D eigenvalue weighted by molar-refractivity contribution is 0.253. The predicted molar refractivity (Wildman–Crippen MR) is 65.1 cm³/mol. The molecule has 2 aromatic heterocycles. The van der Waals surface area contributed by atoms with Gasteiger partial charge in [-0.05, 0) is 31.4 Å². The minimum Gasteiger partial charge on any atom is -0.319 e. The standard InChI is InChI=1S/C12H13N3S/c13-12(5-3-6-12)11-15-10(8-16-11)9-4-1-2-7-14-9/h1-2,4,7-8H,3,5-6,13H2. The summed E-state index contributed by atoms with van der Waals surface area (Å²) >= 11 is 1.65. The van der Waals surface area contributed by atoms with Crippen molar-refractivity contribution in [3.8, 4) is 11.4 Å². The van der Waals surface area contributed by atoms with Crippen molar-refractivity contribution >= 4 is 11.3 Å². The highest BCUT2D eigenvalue weighted by atomic mass is 32.1. The number of thiazole rings is 1. The van der Waals surface area contributed by atoms with Crippen LogP contribution in [0.15, 0.2) is 29.8 Å². The van der Waals surface area contributed by atoms with Gasteiger partial charge in [0.15, 0.2) is 0 Å². The predicted octanol–water partition coefficient (Wildman–Crippen LogP) is 2.54. The fourth-order valence-corrected chi connectivity index (χ4v) is 2.89. The topological polar surface area (TPSA) is 51.8 Å². The average molecular weight is 231 g/mol. The molecule has 1 aliphatic carbocycles.